The normalized spacial score (nSPS) is 13.1. The van der Waals surface area contributed by atoms with Gasteiger partial charge in [-0.2, -0.15) is 0 Å². The summed E-state index contributed by atoms with van der Waals surface area (Å²) in [6.07, 6.45) is 0.438. The Balaban J connectivity index is 2.43. The molecule has 5 nitrogen and oxygen atoms in total. The van der Waals surface area contributed by atoms with Crippen molar-refractivity contribution in [2.45, 2.75) is 19.4 Å². The fourth-order valence-electron chi connectivity index (χ4n) is 2.04. The Morgan fingerprint density at radius 2 is 2.17 bits per heavy atom. The predicted molar refractivity (Wildman–Crippen MR) is 68.6 cm³/mol. The van der Waals surface area contributed by atoms with Crippen molar-refractivity contribution in [2.75, 3.05) is 14.1 Å². The molecule has 0 radical (unpaired) electrons. The third kappa shape index (κ3) is 2.51. The molecule has 1 atom stereocenters. The first kappa shape index (κ1) is 12.6. The lowest BCUT2D eigenvalue weighted by Crippen LogP contribution is -2.22. The Labute approximate surface area is 104 Å². The van der Waals surface area contributed by atoms with Crippen LogP contribution in [0.3, 0.4) is 0 Å². The zero-order valence-corrected chi connectivity index (χ0v) is 10.7. The molecule has 1 N–H and O–H groups in total. The lowest BCUT2D eigenvalue weighted by molar-refractivity contribution is -0.118. The lowest BCUT2D eigenvalue weighted by Gasteiger charge is -2.23. The van der Waals surface area contributed by atoms with Gasteiger partial charge in [0.05, 0.1) is 5.52 Å². The zero-order chi connectivity index (χ0) is 13.3. The van der Waals surface area contributed by atoms with E-state index in [9.17, 15) is 9.59 Å². The van der Waals surface area contributed by atoms with Crippen molar-refractivity contribution in [3.63, 3.8) is 0 Å². The monoisotopic (exact) mass is 248 g/mol. The second-order valence-corrected chi connectivity index (χ2v) is 4.66. The molecule has 2 rings (SSSR count). The highest BCUT2D eigenvalue weighted by molar-refractivity contribution is 5.77. The summed E-state index contributed by atoms with van der Waals surface area (Å²) in [6, 6.07) is 5.50. The first-order valence-corrected chi connectivity index (χ1v) is 5.76. The van der Waals surface area contributed by atoms with Gasteiger partial charge in [-0.25, -0.2) is 4.79 Å². The number of oxazole rings is 1. The predicted octanol–water partition coefficient (Wildman–Crippen LogP) is 1.70. The highest BCUT2D eigenvalue weighted by atomic mass is 16.4. The van der Waals surface area contributed by atoms with E-state index in [1.165, 1.54) is 0 Å². The van der Waals surface area contributed by atoms with Crippen molar-refractivity contribution in [1.29, 1.82) is 0 Å². The summed E-state index contributed by atoms with van der Waals surface area (Å²) in [7, 11) is 3.84. The van der Waals surface area contributed by atoms with Gasteiger partial charge < -0.3 is 9.32 Å². The van der Waals surface area contributed by atoms with Crippen molar-refractivity contribution in [1.82, 2.24) is 9.88 Å². The van der Waals surface area contributed by atoms with Gasteiger partial charge in [-0.15, -0.1) is 0 Å². The van der Waals surface area contributed by atoms with E-state index in [1.807, 2.05) is 25.1 Å². The Hall–Kier alpha value is -1.88. The van der Waals surface area contributed by atoms with Crippen LogP contribution in [0.1, 0.15) is 24.9 Å². The molecule has 1 heterocycles. The van der Waals surface area contributed by atoms with Crippen LogP contribution in [0, 0.1) is 0 Å². The quantitative estimate of drug-likeness (QED) is 0.894. The molecule has 0 fully saturated rings. The number of nitrogens with zero attached hydrogens (tertiary/aromatic N) is 1. The third-order valence-electron chi connectivity index (χ3n) is 2.93. The zero-order valence-electron chi connectivity index (χ0n) is 10.7. The molecule has 5 heteroatoms. The van der Waals surface area contributed by atoms with Crippen molar-refractivity contribution < 1.29 is 9.21 Å². The molecule has 0 spiro atoms. The van der Waals surface area contributed by atoms with Crippen LogP contribution in [-0.4, -0.2) is 29.8 Å². The second kappa shape index (κ2) is 4.78. The van der Waals surface area contributed by atoms with Gasteiger partial charge in [-0.3, -0.25) is 9.78 Å². The maximum absolute atomic E-state index is 11.3. The van der Waals surface area contributed by atoms with Gasteiger partial charge >= 0.3 is 5.76 Å². The number of hydrogen-bond donors (Lipinski definition) is 1. The molecule has 1 aromatic carbocycles. The topological polar surface area (TPSA) is 66.3 Å². The number of benzene rings is 1. The molecular formula is C13H16N2O3. The highest BCUT2D eigenvalue weighted by Gasteiger charge is 2.17. The molecule has 0 saturated carbocycles. The summed E-state index contributed by atoms with van der Waals surface area (Å²) >= 11 is 0. The van der Waals surface area contributed by atoms with Crippen LogP contribution < -0.4 is 5.76 Å². The van der Waals surface area contributed by atoms with Crippen molar-refractivity contribution in [2.24, 2.45) is 0 Å². The molecular weight excluding hydrogens is 232 g/mol. The van der Waals surface area contributed by atoms with Crippen LogP contribution in [0.15, 0.2) is 27.4 Å². The Morgan fingerprint density at radius 3 is 2.78 bits per heavy atom. The number of H-pyrrole nitrogens is 1. The van der Waals surface area contributed by atoms with Gasteiger partial charge in [0.25, 0.3) is 0 Å². The van der Waals surface area contributed by atoms with Gasteiger partial charge in [0, 0.05) is 12.5 Å². The van der Waals surface area contributed by atoms with E-state index in [-0.39, 0.29) is 11.8 Å². The third-order valence-corrected chi connectivity index (χ3v) is 2.93. The average molecular weight is 248 g/mol. The maximum Gasteiger partial charge on any atom is 0.417 e. The molecule has 0 aliphatic heterocycles. The molecule has 2 aromatic rings. The molecule has 1 aromatic heterocycles. The highest BCUT2D eigenvalue weighted by Crippen LogP contribution is 2.25. The standard InChI is InChI=1S/C13H16N2O3/c1-8(16)6-11(15(2)3)9-4-5-10-12(7-9)18-13(17)14-10/h4-5,7,11H,6H2,1-3H3,(H,14,17). The maximum atomic E-state index is 11.3. The molecule has 18 heavy (non-hydrogen) atoms. The first-order valence-electron chi connectivity index (χ1n) is 5.76. The molecule has 0 aliphatic rings. The van der Waals surface area contributed by atoms with Crippen LogP contribution in [0.5, 0.6) is 0 Å². The number of rotatable bonds is 4. The smallest absolute Gasteiger partial charge is 0.408 e. The number of Topliss-reactive ketones (excluding diaryl/α,β-unsaturated/α-hetero) is 1. The number of aromatic amines is 1. The Bertz CT molecular complexity index is 624. The lowest BCUT2D eigenvalue weighted by atomic mass is 10.0. The summed E-state index contributed by atoms with van der Waals surface area (Å²) in [6.45, 7) is 1.57. The van der Waals surface area contributed by atoms with Crippen LogP contribution in [0.25, 0.3) is 11.1 Å². The van der Waals surface area contributed by atoms with Crippen molar-refractivity contribution >= 4 is 16.9 Å². The van der Waals surface area contributed by atoms with Gasteiger partial charge in [-0.05, 0) is 38.7 Å². The largest absolute Gasteiger partial charge is 0.417 e. The fraction of sp³-hybridized carbons (Fsp3) is 0.385. The van der Waals surface area contributed by atoms with Crippen LogP contribution >= 0.6 is 0 Å². The Kier molecular flexibility index (Phi) is 3.34. The summed E-state index contributed by atoms with van der Waals surface area (Å²) in [4.78, 5) is 27.0. The molecule has 1 unspecified atom stereocenters. The van der Waals surface area contributed by atoms with Gasteiger partial charge in [0.2, 0.25) is 0 Å². The number of ketones is 1. The number of hydrogen-bond acceptors (Lipinski definition) is 4. The summed E-state index contributed by atoms with van der Waals surface area (Å²) in [5, 5.41) is 0. The average Bonchev–Trinajstić information content (AvgIpc) is 2.64. The van der Waals surface area contributed by atoms with E-state index in [2.05, 4.69) is 4.98 Å². The number of aromatic nitrogens is 1. The number of nitrogens with one attached hydrogen (secondary N) is 1. The van der Waals surface area contributed by atoms with E-state index in [0.717, 1.165) is 5.56 Å². The molecule has 0 aliphatic carbocycles. The SMILES string of the molecule is CC(=O)CC(c1ccc2[nH]c(=O)oc2c1)N(C)C. The minimum absolute atomic E-state index is 0.00731. The number of carbonyl (C=O) groups is 1. The minimum Gasteiger partial charge on any atom is -0.408 e. The van der Waals surface area contributed by atoms with E-state index in [4.69, 9.17) is 4.42 Å². The minimum atomic E-state index is -0.463. The summed E-state index contributed by atoms with van der Waals surface area (Å²) in [5.41, 5.74) is 2.16. The molecule has 96 valence electrons. The first-order chi connectivity index (χ1) is 8.47. The van der Waals surface area contributed by atoms with E-state index in [1.54, 1.807) is 19.1 Å². The van der Waals surface area contributed by atoms with Crippen LogP contribution in [0.2, 0.25) is 0 Å². The number of carbonyl (C=O) groups excluding carboxylic acids is 1. The van der Waals surface area contributed by atoms with Crippen molar-refractivity contribution in [3.05, 3.63) is 34.3 Å². The van der Waals surface area contributed by atoms with Crippen LogP contribution in [-0.2, 0) is 4.79 Å². The summed E-state index contributed by atoms with van der Waals surface area (Å²) < 4.78 is 5.03. The molecule has 0 saturated heterocycles. The van der Waals surface area contributed by atoms with E-state index in [0.29, 0.717) is 17.5 Å². The second-order valence-electron chi connectivity index (χ2n) is 4.66. The molecule has 0 bridgehead atoms. The molecule has 0 amide bonds. The van der Waals surface area contributed by atoms with Gasteiger partial charge in [0.15, 0.2) is 5.58 Å². The van der Waals surface area contributed by atoms with Crippen LogP contribution in [0.4, 0.5) is 0 Å². The van der Waals surface area contributed by atoms with Gasteiger partial charge in [0.1, 0.15) is 5.78 Å². The van der Waals surface area contributed by atoms with E-state index < -0.39 is 5.76 Å². The van der Waals surface area contributed by atoms with Crippen molar-refractivity contribution in [3.8, 4) is 0 Å². The summed E-state index contributed by atoms with van der Waals surface area (Å²) in [5.74, 6) is -0.334. The fourth-order valence-corrected chi connectivity index (χ4v) is 2.04. The van der Waals surface area contributed by atoms with E-state index >= 15 is 0 Å². The number of fused-ring (bicyclic) bond motifs is 1. The Morgan fingerprint density at radius 1 is 1.44 bits per heavy atom. The van der Waals surface area contributed by atoms with Gasteiger partial charge in [-0.1, -0.05) is 6.07 Å².